The maximum atomic E-state index is 12.1. The Bertz CT molecular complexity index is 660. The average molecular weight is 407 g/mol. The summed E-state index contributed by atoms with van der Waals surface area (Å²) < 4.78 is 9.24. The predicted octanol–water partition coefficient (Wildman–Crippen LogP) is 3.50. The van der Waals surface area contributed by atoms with Crippen LogP contribution in [0, 0.1) is 5.92 Å². The van der Waals surface area contributed by atoms with Crippen LogP contribution in [0.2, 0.25) is 0 Å². The maximum Gasteiger partial charge on any atom is 0.357 e. The zero-order chi connectivity index (χ0) is 22.2. The summed E-state index contributed by atoms with van der Waals surface area (Å²) in [6.07, 6.45) is 12.3. The summed E-state index contributed by atoms with van der Waals surface area (Å²) in [5.74, 6) is -1.25. The third-order valence-corrected chi connectivity index (χ3v) is 3.92. The lowest BCUT2D eigenvalue weighted by molar-refractivity contribution is -0.137. The highest BCUT2D eigenvalue weighted by atomic mass is 16.5. The second-order valence-corrected chi connectivity index (χ2v) is 6.96. The van der Waals surface area contributed by atoms with Gasteiger partial charge in [0.15, 0.2) is 5.70 Å². The van der Waals surface area contributed by atoms with Gasteiger partial charge in [-0.15, -0.1) is 0 Å². The lowest BCUT2D eigenvalue weighted by atomic mass is 10.0. The Balaban J connectivity index is 4.47. The van der Waals surface area contributed by atoms with Crippen LogP contribution in [0.4, 0.5) is 0 Å². The van der Waals surface area contributed by atoms with Gasteiger partial charge in [-0.3, -0.25) is 9.59 Å². The Kier molecular flexibility index (Phi) is 13.7. The van der Waals surface area contributed by atoms with Crippen LogP contribution in [-0.4, -0.2) is 32.0 Å². The van der Waals surface area contributed by atoms with Gasteiger partial charge in [-0.05, 0) is 25.7 Å². The number of allylic oxidation sites excluding steroid dienone is 3. The molecule has 0 aliphatic heterocycles. The Hall–Kier alpha value is -2.83. The largest absolute Gasteiger partial charge is 0.502 e. The quantitative estimate of drug-likeness (QED) is 0.161. The van der Waals surface area contributed by atoms with Crippen molar-refractivity contribution in [1.82, 2.24) is 10.6 Å². The van der Waals surface area contributed by atoms with Crippen LogP contribution < -0.4 is 10.6 Å². The van der Waals surface area contributed by atoms with Gasteiger partial charge < -0.3 is 20.1 Å². The van der Waals surface area contributed by atoms with Crippen LogP contribution in [0.3, 0.4) is 0 Å². The molecule has 2 N–H and O–H groups in total. The van der Waals surface area contributed by atoms with E-state index < -0.39 is 17.8 Å². The van der Waals surface area contributed by atoms with Gasteiger partial charge in [0.25, 0.3) is 11.8 Å². The fraction of sp³-hybridized carbons (Fsp3) is 0.500. The number of hydrogen-bond acceptors (Lipinski definition) is 5. The van der Waals surface area contributed by atoms with E-state index in [9.17, 15) is 14.4 Å². The summed E-state index contributed by atoms with van der Waals surface area (Å²) in [6.45, 7) is 9.61. The van der Waals surface area contributed by atoms with Gasteiger partial charge in [0, 0.05) is 5.57 Å². The predicted molar refractivity (Wildman–Crippen MR) is 113 cm³/mol. The molecule has 0 aliphatic rings. The van der Waals surface area contributed by atoms with E-state index in [1.807, 2.05) is 12.2 Å². The lowest BCUT2D eigenvalue weighted by Gasteiger charge is -2.10. The number of ether oxygens (including phenoxy) is 2. The Morgan fingerprint density at radius 2 is 1.72 bits per heavy atom. The first-order valence-electron chi connectivity index (χ1n) is 9.69. The molecular weight excluding hydrogens is 372 g/mol. The second-order valence-electron chi connectivity index (χ2n) is 6.96. The highest BCUT2D eigenvalue weighted by Crippen LogP contribution is 2.09. The molecule has 0 rings (SSSR count). The van der Waals surface area contributed by atoms with E-state index in [0.717, 1.165) is 25.0 Å². The average Bonchev–Trinajstić information content (AvgIpc) is 2.68. The monoisotopic (exact) mass is 406 g/mol. The maximum absolute atomic E-state index is 12.1. The Labute approximate surface area is 173 Å². The van der Waals surface area contributed by atoms with Gasteiger partial charge in [-0.1, -0.05) is 57.9 Å². The van der Waals surface area contributed by atoms with Gasteiger partial charge >= 0.3 is 5.97 Å². The molecule has 2 amide bonds. The van der Waals surface area contributed by atoms with E-state index in [-0.39, 0.29) is 11.4 Å². The van der Waals surface area contributed by atoms with Crippen molar-refractivity contribution in [2.45, 2.75) is 52.9 Å². The van der Waals surface area contributed by atoms with Gasteiger partial charge in [-0.2, -0.15) is 0 Å². The van der Waals surface area contributed by atoms with Crippen LogP contribution in [0.25, 0.3) is 0 Å². The van der Waals surface area contributed by atoms with E-state index in [1.165, 1.54) is 33.5 Å². The zero-order valence-corrected chi connectivity index (χ0v) is 18.2. The number of carbonyl (C=O) groups is 3. The van der Waals surface area contributed by atoms with Crippen molar-refractivity contribution >= 4 is 17.8 Å². The van der Waals surface area contributed by atoms with Crippen LogP contribution in [0.1, 0.15) is 52.9 Å². The standard InChI is InChI=1S/C22H34N2O5/c1-16(2)13-11-9-7-8-10-12-14-17(3)20(25)23-18(4)21(26)24-19(15-28-5)22(27)29-6/h10,12,14-16H,4,7-9,11,13H2,1-3,5-6H3,(H,23,25)(H,24,26). The van der Waals surface area contributed by atoms with Crippen molar-refractivity contribution in [3.63, 3.8) is 0 Å². The van der Waals surface area contributed by atoms with Gasteiger partial charge in [0.05, 0.1) is 19.9 Å². The van der Waals surface area contributed by atoms with E-state index in [2.05, 4.69) is 35.8 Å². The van der Waals surface area contributed by atoms with Crippen molar-refractivity contribution in [2.75, 3.05) is 14.2 Å². The minimum Gasteiger partial charge on any atom is -0.502 e. The summed E-state index contributed by atoms with van der Waals surface area (Å²) in [4.78, 5) is 35.7. The minimum absolute atomic E-state index is 0.206. The second kappa shape index (κ2) is 15.1. The molecule has 0 aromatic rings. The smallest absolute Gasteiger partial charge is 0.357 e. The molecule has 0 fully saturated rings. The summed E-state index contributed by atoms with van der Waals surface area (Å²) in [7, 11) is 2.49. The van der Waals surface area contributed by atoms with E-state index in [1.54, 1.807) is 13.0 Å². The molecule has 0 bridgehead atoms. The SMILES string of the molecule is C=C(NC(=O)C(C)=CC=CCCCCCC(C)C)C(=O)NC(=COC)C(=O)OC. The number of nitrogens with one attached hydrogen (secondary N) is 2. The molecule has 0 heterocycles. The number of hydrogen-bond donors (Lipinski definition) is 2. The van der Waals surface area contributed by atoms with Crippen molar-refractivity contribution in [1.29, 1.82) is 0 Å². The van der Waals surface area contributed by atoms with Crippen LogP contribution in [0.5, 0.6) is 0 Å². The highest BCUT2D eigenvalue weighted by molar-refractivity contribution is 6.04. The zero-order valence-electron chi connectivity index (χ0n) is 18.2. The fourth-order valence-corrected chi connectivity index (χ4v) is 2.22. The number of esters is 1. The Morgan fingerprint density at radius 1 is 1.03 bits per heavy atom. The van der Waals surface area contributed by atoms with Gasteiger partial charge in [-0.25, -0.2) is 4.79 Å². The number of rotatable bonds is 13. The molecule has 0 aromatic carbocycles. The highest BCUT2D eigenvalue weighted by Gasteiger charge is 2.17. The van der Waals surface area contributed by atoms with E-state index in [4.69, 9.17) is 4.74 Å². The lowest BCUT2D eigenvalue weighted by Crippen LogP contribution is -2.36. The summed E-state index contributed by atoms with van der Waals surface area (Å²) in [6, 6.07) is 0. The Morgan fingerprint density at radius 3 is 2.31 bits per heavy atom. The van der Waals surface area contributed by atoms with E-state index in [0.29, 0.717) is 5.57 Å². The first kappa shape index (κ1) is 26.2. The summed E-state index contributed by atoms with van der Waals surface area (Å²) in [5.41, 5.74) is 0.0115. The van der Waals surface area contributed by atoms with Crippen LogP contribution in [0.15, 0.2) is 48.0 Å². The first-order valence-corrected chi connectivity index (χ1v) is 9.69. The topological polar surface area (TPSA) is 93.7 Å². The normalized spacial score (nSPS) is 12.1. The van der Waals surface area contributed by atoms with Crippen molar-refractivity contribution in [3.05, 3.63) is 48.0 Å². The molecule has 0 saturated carbocycles. The molecule has 0 unspecified atom stereocenters. The molecule has 0 aliphatic carbocycles. The van der Waals surface area contributed by atoms with Crippen LogP contribution >= 0.6 is 0 Å². The number of amides is 2. The van der Waals surface area contributed by atoms with Crippen molar-refractivity contribution in [3.8, 4) is 0 Å². The fourth-order valence-electron chi connectivity index (χ4n) is 2.22. The van der Waals surface area contributed by atoms with Crippen LogP contribution in [-0.2, 0) is 23.9 Å². The van der Waals surface area contributed by atoms with Crippen molar-refractivity contribution < 1.29 is 23.9 Å². The van der Waals surface area contributed by atoms with Gasteiger partial charge in [0.2, 0.25) is 0 Å². The first-order chi connectivity index (χ1) is 13.7. The number of methoxy groups -OCH3 is 2. The number of carbonyl (C=O) groups excluding carboxylic acids is 3. The summed E-state index contributed by atoms with van der Waals surface area (Å²) in [5, 5.41) is 4.67. The molecule has 0 saturated heterocycles. The molecule has 29 heavy (non-hydrogen) atoms. The molecule has 0 radical (unpaired) electrons. The number of unbranched alkanes of at least 4 members (excludes halogenated alkanes) is 3. The van der Waals surface area contributed by atoms with E-state index >= 15 is 0 Å². The molecular formula is C22H34N2O5. The summed E-state index contributed by atoms with van der Waals surface area (Å²) >= 11 is 0. The molecule has 7 heteroatoms. The third kappa shape index (κ3) is 12.3. The third-order valence-electron chi connectivity index (χ3n) is 3.92. The molecule has 0 spiro atoms. The molecule has 7 nitrogen and oxygen atoms in total. The minimum atomic E-state index is -0.787. The molecule has 0 atom stereocenters. The molecule has 0 aromatic heterocycles. The molecule has 162 valence electrons. The van der Waals surface area contributed by atoms with Crippen molar-refractivity contribution in [2.24, 2.45) is 5.92 Å². The van der Waals surface area contributed by atoms with Gasteiger partial charge in [0.1, 0.15) is 6.26 Å².